The molecule has 2 saturated heterocycles. The van der Waals surface area contributed by atoms with Gasteiger partial charge >= 0.3 is 0 Å². The van der Waals surface area contributed by atoms with Gasteiger partial charge in [0.25, 0.3) is 0 Å². The molecule has 0 saturated carbocycles. The number of halogens is 2. The molecule has 9 nitrogen and oxygen atoms in total. The van der Waals surface area contributed by atoms with E-state index in [-0.39, 0.29) is 22.7 Å². The van der Waals surface area contributed by atoms with E-state index in [4.69, 9.17) is 21.1 Å². The molecule has 1 N–H and O–H groups in total. The highest BCUT2D eigenvalue weighted by atomic mass is 35.5. The van der Waals surface area contributed by atoms with Crippen LogP contribution in [0.15, 0.2) is 36.7 Å². The number of piperazine rings is 1. The number of piperidine rings is 1. The summed E-state index contributed by atoms with van der Waals surface area (Å²) in [4.78, 5) is 28.1. The van der Waals surface area contributed by atoms with E-state index < -0.39 is 5.82 Å². The van der Waals surface area contributed by atoms with E-state index >= 15 is 0 Å². The lowest BCUT2D eigenvalue weighted by atomic mass is 10.1. The van der Waals surface area contributed by atoms with Gasteiger partial charge in [0.1, 0.15) is 18.2 Å². The van der Waals surface area contributed by atoms with Crippen molar-refractivity contribution in [3.05, 3.63) is 47.5 Å². The van der Waals surface area contributed by atoms with Crippen LogP contribution in [0, 0.1) is 5.82 Å². The molecule has 2 fully saturated rings. The molecule has 2 aliphatic rings. The zero-order valence-electron chi connectivity index (χ0n) is 21.6. The molecule has 0 radical (unpaired) electrons. The van der Waals surface area contributed by atoms with Crippen LogP contribution in [-0.2, 0) is 4.79 Å². The van der Waals surface area contributed by atoms with Gasteiger partial charge in [0.2, 0.25) is 5.91 Å². The topological polar surface area (TPSA) is 83.1 Å². The number of rotatable bonds is 7. The Labute approximate surface area is 226 Å². The van der Waals surface area contributed by atoms with E-state index in [9.17, 15) is 9.18 Å². The summed E-state index contributed by atoms with van der Waals surface area (Å²) in [6.07, 6.45) is 2.95. The van der Waals surface area contributed by atoms with Crippen LogP contribution in [-0.4, -0.2) is 96.6 Å². The Balaban J connectivity index is 1.30. The monoisotopic (exact) mass is 542 g/mol. The summed E-state index contributed by atoms with van der Waals surface area (Å²) in [7, 11) is 3.67. The lowest BCUT2D eigenvalue weighted by Crippen LogP contribution is -2.51. The lowest BCUT2D eigenvalue weighted by molar-refractivity contribution is -0.135. The highest BCUT2D eigenvalue weighted by Gasteiger charge is 2.28. The van der Waals surface area contributed by atoms with Crippen molar-refractivity contribution in [3.8, 4) is 11.5 Å². The molecule has 3 aromatic rings. The Hall–Kier alpha value is -3.21. The number of hydrogen-bond donors (Lipinski definition) is 1. The number of carbonyl (C=O) groups excluding carboxylic acids is 1. The molecule has 1 aromatic heterocycles. The molecule has 0 bridgehead atoms. The Bertz CT molecular complexity index is 1300. The number of methoxy groups -OCH3 is 1. The summed E-state index contributed by atoms with van der Waals surface area (Å²) >= 11 is 5.93. The summed E-state index contributed by atoms with van der Waals surface area (Å²) in [5, 5.41) is 3.67. The molecule has 202 valence electrons. The van der Waals surface area contributed by atoms with Crippen LogP contribution < -0.4 is 14.8 Å². The van der Waals surface area contributed by atoms with Gasteiger partial charge in [0.15, 0.2) is 17.3 Å². The van der Waals surface area contributed by atoms with Gasteiger partial charge in [-0.2, -0.15) is 0 Å². The molecule has 2 aromatic carbocycles. The predicted molar refractivity (Wildman–Crippen MR) is 145 cm³/mol. The lowest BCUT2D eigenvalue weighted by Gasteiger charge is -2.36. The largest absolute Gasteiger partial charge is 0.493 e. The first kappa shape index (κ1) is 26.4. The van der Waals surface area contributed by atoms with Gasteiger partial charge in [-0.05, 0) is 38.1 Å². The van der Waals surface area contributed by atoms with Crippen LogP contribution in [0.2, 0.25) is 5.02 Å². The summed E-state index contributed by atoms with van der Waals surface area (Å²) in [5.41, 5.74) is 0.819. The highest BCUT2D eigenvalue weighted by Crippen LogP contribution is 2.36. The summed E-state index contributed by atoms with van der Waals surface area (Å²) in [6, 6.07) is 8.30. The second-order valence-electron chi connectivity index (χ2n) is 9.77. The van der Waals surface area contributed by atoms with Crippen LogP contribution in [0.3, 0.4) is 0 Å². The standard InChI is InChI=1S/C27H32ClFN6O3/c1-33-9-11-34(12-10-33)16-25(36)35-8-4-5-18(15-35)38-24-14-22-19(13-23(24)37-2)27(31-17-30-22)32-21-7-3-6-20(28)26(21)29/h3,6-7,13-14,17-18H,4-5,8-12,15-16H2,1-2H3,(H,30,31,32)/t18-/m0/s1. The van der Waals surface area contributed by atoms with Crippen molar-refractivity contribution in [3.63, 3.8) is 0 Å². The van der Waals surface area contributed by atoms with E-state index in [2.05, 4.69) is 32.1 Å². The maximum absolute atomic E-state index is 14.5. The zero-order chi connectivity index (χ0) is 26.6. The van der Waals surface area contributed by atoms with E-state index in [0.29, 0.717) is 41.3 Å². The number of carbonyl (C=O) groups is 1. The molecule has 1 amide bonds. The highest BCUT2D eigenvalue weighted by molar-refractivity contribution is 6.31. The molecule has 5 rings (SSSR count). The van der Waals surface area contributed by atoms with Gasteiger partial charge in [-0.1, -0.05) is 17.7 Å². The fourth-order valence-corrected chi connectivity index (χ4v) is 5.06. The minimum absolute atomic E-state index is 0.0187. The van der Waals surface area contributed by atoms with Gasteiger partial charge in [-0.15, -0.1) is 0 Å². The number of hydrogen-bond acceptors (Lipinski definition) is 8. The molecular weight excluding hydrogens is 511 g/mol. The first-order valence-electron chi connectivity index (χ1n) is 12.8. The van der Waals surface area contributed by atoms with Gasteiger partial charge in [-0.3, -0.25) is 9.69 Å². The number of fused-ring (bicyclic) bond motifs is 1. The molecule has 0 aliphatic carbocycles. The minimum Gasteiger partial charge on any atom is -0.493 e. The van der Waals surface area contributed by atoms with Gasteiger partial charge in [0.05, 0.1) is 36.4 Å². The summed E-state index contributed by atoms with van der Waals surface area (Å²) < 4.78 is 26.5. The molecule has 11 heteroatoms. The summed E-state index contributed by atoms with van der Waals surface area (Å²) in [5.74, 6) is 1.04. The third-order valence-electron chi connectivity index (χ3n) is 7.10. The number of likely N-dealkylation sites (tertiary alicyclic amines) is 1. The van der Waals surface area contributed by atoms with Crippen LogP contribution in [0.1, 0.15) is 12.8 Å². The molecule has 0 unspecified atom stereocenters. The van der Waals surface area contributed by atoms with Crippen LogP contribution in [0.25, 0.3) is 10.9 Å². The van der Waals surface area contributed by atoms with Crippen molar-refractivity contribution in [1.29, 1.82) is 0 Å². The Morgan fingerprint density at radius 3 is 2.76 bits per heavy atom. The molecule has 2 aliphatic heterocycles. The Kier molecular flexibility index (Phi) is 8.11. The SMILES string of the molecule is COc1cc2c(Nc3cccc(Cl)c3F)ncnc2cc1O[C@H]1CCCN(C(=O)CN2CCN(C)CC2)C1. The third-order valence-corrected chi connectivity index (χ3v) is 7.40. The van der Waals surface area contributed by atoms with E-state index in [1.54, 1.807) is 31.4 Å². The van der Waals surface area contributed by atoms with Crippen molar-refractivity contribution >= 4 is 39.9 Å². The number of nitrogens with one attached hydrogen (secondary N) is 1. The smallest absolute Gasteiger partial charge is 0.236 e. The van der Waals surface area contributed by atoms with E-state index in [1.165, 1.54) is 12.4 Å². The number of amides is 1. The molecule has 3 heterocycles. The summed E-state index contributed by atoms with van der Waals surface area (Å²) in [6.45, 7) is 5.49. The number of nitrogens with zero attached hydrogens (tertiary/aromatic N) is 5. The molecule has 38 heavy (non-hydrogen) atoms. The fraction of sp³-hybridized carbons (Fsp3) is 0.444. The third kappa shape index (κ3) is 5.92. The van der Waals surface area contributed by atoms with E-state index in [1.807, 2.05) is 4.90 Å². The van der Waals surface area contributed by atoms with Crippen LogP contribution >= 0.6 is 11.6 Å². The van der Waals surface area contributed by atoms with E-state index in [0.717, 1.165) is 45.6 Å². The second-order valence-corrected chi connectivity index (χ2v) is 10.2. The second kappa shape index (κ2) is 11.7. The van der Waals surface area contributed by atoms with Crippen molar-refractivity contribution in [2.24, 2.45) is 0 Å². The number of aromatic nitrogens is 2. The quantitative estimate of drug-likeness (QED) is 0.483. The van der Waals surface area contributed by atoms with Crippen molar-refractivity contribution < 1.29 is 18.7 Å². The van der Waals surface area contributed by atoms with Gasteiger partial charge in [-0.25, -0.2) is 14.4 Å². The van der Waals surface area contributed by atoms with Crippen molar-refractivity contribution in [1.82, 2.24) is 24.7 Å². The maximum atomic E-state index is 14.5. The minimum atomic E-state index is -0.558. The number of likely N-dealkylation sites (N-methyl/N-ethyl adjacent to an activating group) is 1. The van der Waals surface area contributed by atoms with Crippen LogP contribution in [0.4, 0.5) is 15.9 Å². The molecular formula is C27H32ClFN6O3. The fourth-order valence-electron chi connectivity index (χ4n) is 4.88. The number of ether oxygens (including phenoxy) is 2. The predicted octanol–water partition coefficient (Wildman–Crippen LogP) is 3.79. The molecule has 0 spiro atoms. The number of anilines is 2. The first-order chi connectivity index (χ1) is 18.4. The maximum Gasteiger partial charge on any atom is 0.236 e. The zero-order valence-corrected chi connectivity index (χ0v) is 22.4. The Morgan fingerprint density at radius 1 is 1.16 bits per heavy atom. The Morgan fingerprint density at radius 2 is 1.97 bits per heavy atom. The van der Waals surface area contributed by atoms with Crippen LogP contribution in [0.5, 0.6) is 11.5 Å². The van der Waals surface area contributed by atoms with Gasteiger partial charge < -0.3 is 24.6 Å². The van der Waals surface area contributed by atoms with Gasteiger partial charge in [0, 0.05) is 44.2 Å². The average Bonchev–Trinajstić information content (AvgIpc) is 2.92. The average molecular weight is 543 g/mol. The van der Waals surface area contributed by atoms with Crippen molar-refractivity contribution in [2.75, 3.05) is 65.3 Å². The first-order valence-corrected chi connectivity index (χ1v) is 13.2. The normalized spacial score (nSPS) is 18.9. The number of benzene rings is 2. The van der Waals surface area contributed by atoms with Crippen molar-refractivity contribution in [2.45, 2.75) is 18.9 Å². The molecule has 1 atom stereocenters.